The molecule has 1 heterocycles. The number of nitrogens with zero attached hydrogens (tertiary/aromatic N) is 1. The lowest BCUT2D eigenvalue weighted by atomic mass is 10.1. The largest absolute Gasteiger partial charge is 0.303 e. The highest BCUT2D eigenvalue weighted by Crippen LogP contribution is 2.41. The number of benzene rings is 2. The summed E-state index contributed by atoms with van der Waals surface area (Å²) >= 11 is 6.25. The zero-order valence-electron chi connectivity index (χ0n) is 12.0. The Kier molecular flexibility index (Phi) is 3.82. The number of ketones is 1. The standard InChI is InChI=1S/C18H14ClNO2/c1-12(21)10-14-17-15(19)8-5-9-16(17)20(18(14)22)11-13-6-3-2-4-7-13/h2-10H,11H2,1H3/b14-10+. The van der Waals surface area contributed by atoms with Crippen molar-refractivity contribution in [2.75, 3.05) is 4.90 Å². The summed E-state index contributed by atoms with van der Waals surface area (Å²) in [5, 5.41) is 0.480. The van der Waals surface area contributed by atoms with Crippen molar-refractivity contribution in [1.82, 2.24) is 0 Å². The fourth-order valence-corrected chi connectivity index (χ4v) is 2.90. The van der Waals surface area contributed by atoms with E-state index in [0.717, 1.165) is 11.3 Å². The van der Waals surface area contributed by atoms with Crippen molar-refractivity contribution in [1.29, 1.82) is 0 Å². The second-order valence-corrected chi connectivity index (χ2v) is 5.59. The van der Waals surface area contributed by atoms with Crippen LogP contribution in [-0.2, 0) is 16.1 Å². The molecule has 0 saturated carbocycles. The fourth-order valence-electron chi connectivity index (χ4n) is 2.63. The molecule has 2 aromatic carbocycles. The van der Waals surface area contributed by atoms with Crippen LogP contribution in [0.5, 0.6) is 0 Å². The first kappa shape index (κ1) is 14.5. The van der Waals surface area contributed by atoms with E-state index in [1.165, 1.54) is 13.0 Å². The maximum atomic E-state index is 12.7. The lowest BCUT2D eigenvalue weighted by molar-refractivity contribution is -0.114. The van der Waals surface area contributed by atoms with Gasteiger partial charge in [-0.3, -0.25) is 9.59 Å². The molecule has 2 aromatic rings. The third-order valence-corrected chi connectivity index (χ3v) is 3.87. The Morgan fingerprint density at radius 1 is 1.14 bits per heavy atom. The highest BCUT2D eigenvalue weighted by Gasteiger charge is 2.34. The topological polar surface area (TPSA) is 37.4 Å². The third-order valence-electron chi connectivity index (χ3n) is 3.56. The number of anilines is 1. The minimum atomic E-state index is -0.192. The predicted octanol–water partition coefficient (Wildman–Crippen LogP) is 3.86. The molecule has 0 saturated heterocycles. The van der Waals surface area contributed by atoms with E-state index in [1.807, 2.05) is 42.5 Å². The molecule has 0 spiro atoms. The summed E-state index contributed by atoms with van der Waals surface area (Å²) in [4.78, 5) is 25.8. The summed E-state index contributed by atoms with van der Waals surface area (Å²) in [7, 11) is 0. The normalized spacial score (nSPS) is 15.3. The van der Waals surface area contributed by atoms with Crippen LogP contribution in [0, 0.1) is 0 Å². The molecule has 0 atom stereocenters. The lowest BCUT2D eigenvalue weighted by Gasteiger charge is -2.17. The molecule has 0 bridgehead atoms. The van der Waals surface area contributed by atoms with Crippen molar-refractivity contribution in [2.45, 2.75) is 13.5 Å². The number of hydrogen-bond donors (Lipinski definition) is 0. The number of fused-ring (bicyclic) bond motifs is 1. The smallest absolute Gasteiger partial charge is 0.259 e. The summed E-state index contributed by atoms with van der Waals surface area (Å²) in [6.07, 6.45) is 1.36. The van der Waals surface area contributed by atoms with E-state index in [1.54, 1.807) is 11.0 Å². The predicted molar refractivity (Wildman–Crippen MR) is 87.7 cm³/mol. The van der Waals surface area contributed by atoms with Crippen molar-refractivity contribution in [3.63, 3.8) is 0 Å². The van der Waals surface area contributed by atoms with E-state index in [4.69, 9.17) is 11.6 Å². The van der Waals surface area contributed by atoms with Gasteiger partial charge < -0.3 is 4.90 Å². The Morgan fingerprint density at radius 2 is 1.86 bits per heavy atom. The number of hydrogen-bond acceptors (Lipinski definition) is 2. The van der Waals surface area contributed by atoms with Gasteiger partial charge in [-0.15, -0.1) is 0 Å². The second-order valence-electron chi connectivity index (χ2n) is 5.18. The summed E-state index contributed by atoms with van der Waals surface area (Å²) in [5.74, 6) is -0.363. The molecule has 22 heavy (non-hydrogen) atoms. The van der Waals surface area contributed by atoms with E-state index in [2.05, 4.69) is 0 Å². The number of rotatable bonds is 3. The first-order valence-electron chi connectivity index (χ1n) is 6.95. The van der Waals surface area contributed by atoms with Gasteiger partial charge in [0.05, 0.1) is 22.8 Å². The first-order chi connectivity index (χ1) is 10.6. The SMILES string of the molecule is CC(=O)/C=C1/C(=O)N(Cc2ccccc2)c2cccc(Cl)c21. The van der Waals surface area contributed by atoms with Gasteiger partial charge in [-0.05, 0) is 30.7 Å². The molecule has 0 radical (unpaired) electrons. The quantitative estimate of drug-likeness (QED) is 0.807. The molecule has 110 valence electrons. The molecule has 3 rings (SSSR count). The summed E-state index contributed by atoms with van der Waals surface area (Å²) in [6, 6.07) is 15.1. The number of halogens is 1. The monoisotopic (exact) mass is 311 g/mol. The molecule has 1 aliphatic heterocycles. The van der Waals surface area contributed by atoms with E-state index in [9.17, 15) is 9.59 Å². The van der Waals surface area contributed by atoms with Crippen LogP contribution < -0.4 is 4.90 Å². The maximum absolute atomic E-state index is 12.7. The Morgan fingerprint density at radius 3 is 2.55 bits per heavy atom. The van der Waals surface area contributed by atoms with Crippen LogP contribution in [0.1, 0.15) is 18.1 Å². The molecule has 0 unspecified atom stereocenters. The van der Waals surface area contributed by atoms with Crippen LogP contribution in [0.25, 0.3) is 5.57 Å². The fraction of sp³-hybridized carbons (Fsp3) is 0.111. The van der Waals surface area contributed by atoms with E-state index in [0.29, 0.717) is 22.7 Å². The molecular formula is C18H14ClNO2. The van der Waals surface area contributed by atoms with Gasteiger partial charge in [0.25, 0.3) is 5.91 Å². The minimum Gasteiger partial charge on any atom is -0.303 e. The average Bonchev–Trinajstić information content (AvgIpc) is 2.75. The molecule has 1 amide bonds. The molecule has 1 aliphatic rings. The van der Waals surface area contributed by atoms with Crippen LogP contribution >= 0.6 is 11.6 Å². The van der Waals surface area contributed by atoms with E-state index in [-0.39, 0.29) is 11.7 Å². The number of allylic oxidation sites excluding steroid dienone is 1. The van der Waals surface area contributed by atoms with E-state index < -0.39 is 0 Å². The van der Waals surface area contributed by atoms with Gasteiger partial charge in [-0.1, -0.05) is 48.0 Å². The Bertz CT molecular complexity index is 781. The van der Waals surface area contributed by atoms with Crippen molar-refractivity contribution in [3.05, 3.63) is 70.8 Å². The van der Waals surface area contributed by atoms with Crippen LogP contribution in [0.2, 0.25) is 5.02 Å². The zero-order valence-corrected chi connectivity index (χ0v) is 12.8. The van der Waals surface area contributed by atoms with Gasteiger partial charge in [0.2, 0.25) is 0 Å². The third kappa shape index (κ3) is 2.55. The summed E-state index contributed by atoms with van der Waals surface area (Å²) in [5.41, 5.74) is 2.77. The van der Waals surface area contributed by atoms with Crippen molar-refractivity contribution < 1.29 is 9.59 Å². The van der Waals surface area contributed by atoms with Gasteiger partial charge in [-0.25, -0.2) is 0 Å². The molecular weight excluding hydrogens is 298 g/mol. The minimum absolute atomic E-state index is 0.171. The van der Waals surface area contributed by atoms with Crippen molar-refractivity contribution in [3.8, 4) is 0 Å². The number of carbonyl (C=O) groups is 2. The van der Waals surface area contributed by atoms with Crippen LogP contribution in [0.15, 0.2) is 54.6 Å². The van der Waals surface area contributed by atoms with Crippen molar-refractivity contribution in [2.24, 2.45) is 0 Å². The van der Waals surface area contributed by atoms with Gasteiger partial charge in [0, 0.05) is 5.56 Å². The maximum Gasteiger partial charge on any atom is 0.259 e. The molecule has 4 heteroatoms. The molecule has 3 nitrogen and oxygen atoms in total. The van der Waals surface area contributed by atoms with Crippen LogP contribution in [0.4, 0.5) is 5.69 Å². The van der Waals surface area contributed by atoms with Gasteiger partial charge in [0.15, 0.2) is 5.78 Å². The lowest BCUT2D eigenvalue weighted by Crippen LogP contribution is -2.25. The summed E-state index contributed by atoms with van der Waals surface area (Å²) < 4.78 is 0. The number of amides is 1. The zero-order chi connectivity index (χ0) is 15.7. The molecule has 0 fully saturated rings. The second kappa shape index (κ2) is 5.78. The molecule has 0 aromatic heterocycles. The number of carbonyl (C=O) groups excluding carboxylic acids is 2. The Hall–Kier alpha value is -2.39. The highest BCUT2D eigenvalue weighted by molar-refractivity contribution is 6.41. The molecule has 0 aliphatic carbocycles. The van der Waals surface area contributed by atoms with Crippen LogP contribution in [0.3, 0.4) is 0 Å². The first-order valence-corrected chi connectivity index (χ1v) is 7.32. The van der Waals surface area contributed by atoms with E-state index >= 15 is 0 Å². The molecule has 0 N–H and O–H groups in total. The summed E-state index contributed by atoms with van der Waals surface area (Å²) in [6.45, 7) is 1.87. The Balaban J connectivity index is 2.09. The average molecular weight is 312 g/mol. The highest BCUT2D eigenvalue weighted by atomic mass is 35.5. The van der Waals surface area contributed by atoms with Gasteiger partial charge in [0.1, 0.15) is 0 Å². The van der Waals surface area contributed by atoms with Gasteiger partial charge in [-0.2, -0.15) is 0 Å². The van der Waals surface area contributed by atoms with Crippen molar-refractivity contribution >= 4 is 34.6 Å². The Labute approximate surface area is 133 Å². The van der Waals surface area contributed by atoms with Crippen LogP contribution in [-0.4, -0.2) is 11.7 Å². The van der Waals surface area contributed by atoms with Gasteiger partial charge >= 0.3 is 0 Å².